The second kappa shape index (κ2) is 8.48. The molecule has 1 aliphatic heterocycles. The molecule has 6 nitrogen and oxygen atoms in total. The Hall–Kier alpha value is -3.31. The molecule has 12 heteroatoms. The summed E-state index contributed by atoms with van der Waals surface area (Å²) in [5.41, 5.74) is 3.41. The number of pyridine rings is 1. The highest BCUT2D eigenvalue weighted by Gasteiger charge is 2.64. The second-order valence-corrected chi connectivity index (χ2v) is 8.23. The van der Waals surface area contributed by atoms with Crippen LogP contribution in [0.15, 0.2) is 35.5 Å². The molecule has 0 saturated heterocycles. The lowest BCUT2D eigenvalue weighted by molar-refractivity contribution is -0.153. The van der Waals surface area contributed by atoms with E-state index in [4.69, 9.17) is 10.5 Å². The van der Waals surface area contributed by atoms with Gasteiger partial charge in [0.1, 0.15) is 23.4 Å². The molecule has 34 heavy (non-hydrogen) atoms. The minimum atomic E-state index is -4.53. The molecular formula is C22H19F6N3O3. The van der Waals surface area contributed by atoms with E-state index in [-0.39, 0.29) is 41.0 Å². The number of carbonyl (C=O) groups is 1. The van der Waals surface area contributed by atoms with E-state index < -0.39 is 54.4 Å². The number of benzene rings is 1. The first-order chi connectivity index (χ1) is 15.9. The summed E-state index contributed by atoms with van der Waals surface area (Å²) in [6.45, 7) is -0.0408. The first-order valence-electron chi connectivity index (χ1n) is 10.2. The molecule has 2 aromatic rings. The monoisotopic (exact) mass is 487 g/mol. The van der Waals surface area contributed by atoms with E-state index >= 15 is 0 Å². The van der Waals surface area contributed by atoms with Gasteiger partial charge >= 0.3 is 6.18 Å². The highest BCUT2D eigenvalue weighted by Crippen LogP contribution is 2.56. The van der Waals surface area contributed by atoms with Gasteiger partial charge in [-0.15, -0.1) is 0 Å². The number of rotatable bonds is 7. The molecule has 1 aromatic heterocycles. The van der Waals surface area contributed by atoms with E-state index in [0.717, 1.165) is 18.3 Å². The number of ether oxygens (including phenoxy) is 2. The predicted octanol–water partition coefficient (Wildman–Crippen LogP) is 4.09. The van der Waals surface area contributed by atoms with E-state index in [1.54, 1.807) is 0 Å². The summed E-state index contributed by atoms with van der Waals surface area (Å²) >= 11 is 0. The minimum Gasteiger partial charge on any atom is -0.482 e. The first-order valence-corrected chi connectivity index (χ1v) is 10.2. The van der Waals surface area contributed by atoms with Crippen molar-refractivity contribution >= 4 is 11.8 Å². The number of amidine groups is 1. The molecule has 1 aliphatic carbocycles. The van der Waals surface area contributed by atoms with E-state index in [0.29, 0.717) is 0 Å². The maximum atomic E-state index is 14.7. The van der Waals surface area contributed by atoms with Crippen molar-refractivity contribution in [2.24, 2.45) is 16.6 Å². The molecule has 1 saturated carbocycles. The van der Waals surface area contributed by atoms with Crippen LogP contribution < -0.4 is 10.5 Å². The number of aromatic nitrogens is 1. The summed E-state index contributed by atoms with van der Waals surface area (Å²) in [4.78, 5) is 20.5. The molecule has 0 amide bonds. The third-order valence-corrected chi connectivity index (χ3v) is 5.74. The van der Waals surface area contributed by atoms with Crippen LogP contribution in [0.4, 0.5) is 26.3 Å². The predicted molar refractivity (Wildman–Crippen MR) is 107 cm³/mol. The van der Waals surface area contributed by atoms with Gasteiger partial charge in [0.05, 0.1) is 6.20 Å². The zero-order valence-electron chi connectivity index (χ0n) is 17.7. The molecule has 3 atom stereocenters. The maximum Gasteiger partial charge on any atom is 0.422 e. The molecule has 1 fully saturated rings. The molecule has 0 bridgehead atoms. The Kier molecular flexibility index (Phi) is 5.94. The Labute approximate surface area is 189 Å². The van der Waals surface area contributed by atoms with Crippen LogP contribution in [0.2, 0.25) is 0 Å². The van der Waals surface area contributed by atoms with Crippen molar-refractivity contribution in [1.29, 1.82) is 0 Å². The van der Waals surface area contributed by atoms with Crippen LogP contribution in [-0.2, 0) is 16.7 Å². The number of fused-ring (bicyclic) bond motifs is 1. The van der Waals surface area contributed by atoms with E-state index in [2.05, 4.69) is 14.7 Å². The van der Waals surface area contributed by atoms with Crippen molar-refractivity contribution in [3.8, 4) is 5.75 Å². The third kappa shape index (κ3) is 4.53. The lowest BCUT2D eigenvalue weighted by Gasteiger charge is -2.33. The lowest BCUT2D eigenvalue weighted by atomic mass is 9.83. The first kappa shape index (κ1) is 23.8. The maximum absolute atomic E-state index is 14.7. The van der Waals surface area contributed by atoms with Gasteiger partial charge in [0.25, 0.3) is 12.4 Å². The molecule has 1 aromatic carbocycles. The standard InChI is InChI=1S/C22H19F6N3O3/c1-10-4-12(33-9-21(26,27)28)8-30-18(10)16(32)6-11-2-3-15(23)13(5-11)22(19(24)25)14-7-17(14)34-20(29)31-22/h2-5,8,14,17,19H,6-7,9H2,1H3,(H2,29,31)/t14-,17+,22+/m0/s1. The summed E-state index contributed by atoms with van der Waals surface area (Å²) < 4.78 is 89.9. The molecule has 0 spiro atoms. The van der Waals surface area contributed by atoms with Gasteiger partial charge < -0.3 is 15.2 Å². The molecule has 0 radical (unpaired) electrons. The summed E-state index contributed by atoms with van der Waals surface area (Å²) in [5, 5.41) is 0. The number of aryl methyl sites for hydroxylation is 1. The van der Waals surface area contributed by atoms with Crippen LogP contribution in [0.25, 0.3) is 0 Å². The SMILES string of the molecule is Cc1cc(OCC(F)(F)F)cnc1C(=O)Cc1ccc(F)c([C@@]2(C(F)F)N=C(N)O[C@@H]3C[C@@H]32)c1. The van der Waals surface area contributed by atoms with Gasteiger partial charge in [-0.1, -0.05) is 6.07 Å². The van der Waals surface area contributed by atoms with Gasteiger partial charge in [0.15, 0.2) is 17.9 Å². The van der Waals surface area contributed by atoms with Crippen LogP contribution in [0.1, 0.15) is 33.6 Å². The van der Waals surface area contributed by atoms with Crippen LogP contribution in [0, 0.1) is 18.7 Å². The number of alkyl halides is 5. The Bertz CT molecular complexity index is 1150. The summed E-state index contributed by atoms with van der Waals surface area (Å²) in [6.07, 6.45) is -7.27. The third-order valence-electron chi connectivity index (χ3n) is 5.74. The molecule has 0 unspecified atom stereocenters. The molecule has 2 heterocycles. The lowest BCUT2D eigenvalue weighted by Crippen LogP contribution is -2.43. The van der Waals surface area contributed by atoms with Gasteiger partial charge in [-0.05, 0) is 42.7 Å². The van der Waals surface area contributed by atoms with Crippen molar-refractivity contribution in [2.45, 2.75) is 44.0 Å². The number of ketones is 1. The van der Waals surface area contributed by atoms with Crippen LogP contribution >= 0.6 is 0 Å². The van der Waals surface area contributed by atoms with Gasteiger partial charge in [0, 0.05) is 17.9 Å². The topological polar surface area (TPSA) is 86.8 Å². The largest absolute Gasteiger partial charge is 0.482 e. The fourth-order valence-corrected chi connectivity index (χ4v) is 4.14. The zero-order chi connectivity index (χ0) is 24.8. The summed E-state index contributed by atoms with van der Waals surface area (Å²) in [5.74, 6) is -2.37. The van der Waals surface area contributed by atoms with E-state index in [1.165, 1.54) is 19.1 Å². The van der Waals surface area contributed by atoms with E-state index in [9.17, 15) is 31.1 Å². The number of Topliss-reactive ketones (excluding diaryl/α,β-unsaturated/α-hetero) is 1. The Balaban J connectivity index is 1.58. The fraction of sp³-hybridized carbons (Fsp3) is 0.409. The number of nitrogens with two attached hydrogens (primary N) is 1. The smallest absolute Gasteiger partial charge is 0.422 e. The molecule has 2 N–H and O–H groups in total. The fourth-order valence-electron chi connectivity index (χ4n) is 4.14. The summed E-state index contributed by atoms with van der Waals surface area (Å²) in [7, 11) is 0. The molecule has 2 aliphatic rings. The number of hydrogen-bond acceptors (Lipinski definition) is 6. The van der Waals surface area contributed by atoms with Gasteiger partial charge in [0.2, 0.25) is 0 Å². The number of halogens is 6. The molecular weight excluding hydrogens is 468 g/mol. The van der Waals surface area contributed by atoms with Gasteiger partial charge in [-0.3, -0.25) is 4.79 Å². The Morgan fingerprint density at radius 2 is 2.06 bits per heavy atom. The summed E-state index contributed by atoms with van der Waals surface area (Å²) in [6, 6.07) is 4.21. The molecule has 4 rings (SSSR count). The Morgan fingerprint density at radius 3 is 2.71 bits per heavy atom. The van der Waals surface area contributed by atoms with Crippen molar-refractivity contribution in [3.63, 3.8) is 0 Å². The van der Waals surface area contributed by atoms with Crippen LogP contribution in [0.5, 0.6) is 5.75 Å². The minimum absolute atomic E-state index is 0.0376. The van der Waals surface area contributed by atoms with Crippen LogP contribution in [0.3, 0.4) is 0 Å². The van der Waals surface area contributed by atoms with E-state index in [1.807, 2.05) is 0 Å². The number of hydrogen-bond donors (Lipinski definition) is 1. The zero-order valence-corrected chi connectivity index (χ0v) is 17.7. The quantitative estimate of drug-likeness (QED) is 0.470. The highest BCUT2D eigenvalue weighted by molar-refractivity contribution is 5.97. The van der Waals surface area contributed by atoms with Crippen LogP contribution in [-0.4, -0.2) is 42.1 Å². The van der Waals surface area contributed by atoms with Crippen molar-refractivity contribution in [2.75, 3.05) is 6.61 Å². The Morgan fingerprint density at radius 1 is 1.32 bits per heavy atom. The second-order valence-electron chi connectivity index (χ2n) is 8.23. The average molecular weight is 487 g/mol. The highest BCUT2D eigenvalue weighted by atomic mass is 19.4. The van der Waals surface area contributed by atoms with Gasteiger partial charge in [-0.2, -0.15) is 13.2 Å². The number of nitrogens with zero attached hydrogens (tertiary/aromatic N) is 2. The van der Waals surface area contributed by atoms with Crippen molar-refractivity contribution in [1.82, 2.24) is 4.98 Å². The number of aliphatic imine (C=N–C) groups is 1. The van der Waals surface area contributed by atoms with Crippen molar-refractivity contribution < 1.29 is 40.6 Å². The average Bonchev–Trinajstić information content (AvgIpc) is 3.52. The van der Waals surface area contributed by atoms with Gasteiger partial charge in [-0.25, -0.2) is 23.1 Å². The number of carbonyl (C=O) groups excluding carboxylic acids is 1. The van der Waals surface area contributed by atoms with Crippen molar-refractivity contribution in [3.05, 3.63) is 58.7 Å². The molecule has 182 valence electrons. The normalized spacial score (nSPS) is 23.7.